The Morgan fingerprint density at radius 3 is 2.59 bits per heavy atom. The number of hydrogen-bond acceptors (Lipinski definition) is 6. The van der Waals surface area contributed by atoms with Gasteiger partial charge in [-0.05, 0) is 26.0 Å². The van der Waals surface area contributed by atoms with Crippen LogP contribution in [0.2, 0.25) is 0 Å². The molecule has 0 fully saturated rings. The molecule has 152 valence electrons. The molecule has 3 aromatic rings. The van der Waals surface area contributed by atoms with Gasteiger partial charge in [0.15, 0.2) is 0 Å². The number of carbonyl (C=O) groups excluding carboxylic acids is 1. The van der Waals surface area contributed by atoms with E-state index in [1.54, 1.807) is 0 Å². The van der Waals surface area contributed by atoms with Crippen LogP contribution in [0.25, 0.3) is 5.78 Å². The minimum Gasteiger partial charge on any atom is -0.326 e. The first-order valence-electron chi connectivity index (χ1n) is 8.01. The largest absolute Gasteiger partial charge is 0.453 e. The zero-order chi connectivity index (χ0) is 21.5. The molecule has 3 rings (SSSR count). The number of nitrogens with one attached hydrogen (secondary N) is 1. The molecule has 29 heavy (non-hydrogen) atoms. The van der Waals surface area contributed by atoms with E-state index in [9.17, 15) is 32.5 Å². The molecule has 0 radical (unpaired) electrons. The van der Waals surface area contributed by atoms with E-state index in [1.807, 2.05) is 0 Å². The number of nitro benzene ring substituents is 1. The number of benzene rings is 1. The van der Waals surface area contributed by atoms with Gasteiger partial charge in [0.1, 0.15) is 0 Å². The van der Waals surface area contributed by atoms with Crippen molar-refractivity contribution < 1.29 is 27.3 Å². The van der Waals surface area contributed by atoms with E-state index < -0.39 is 34.3 Å². The van der Waals surface area contributed by atoms with Gasteiger partial charge in [0.2, 0.25) is 11.7 Å². The summed E-state index contributed by atoms with van der Waals surface area (Å²) < 4.78 is 52.7. The number of alkyl halides is 3. The Bertz CT molecular complexity index is 1140. The molecule has 2 aromatic heterocycles. The Hall–Kier alpha value is -3.64. The molecule has 9 nitrogen and oxygen atoms in total. The van der Waals surface area contributed by atoms with E-state index in [4.69, 9.17) is 0 Å². The molecule has 0 spiro atoms. The summed E-state index contributed by atoms with van der Waals surface area (Å²) in [6, 6.07) is 2.85. The molecular formula is C16H12F4N6O3. The van der Waals surface area contributed by atoms with Crippen LogP contribution in [0, 0.1) is 29.8 Å². The zero-order valence-corrected chi connectivity index (χ0v) is 14.9. The average Bonchev–Trinajstić information content (AvgIpc) is 3.04. The van der Waals surface area contributed by atoms with Crippen molar-refractivity contribution in [2.24, 2.45) is 0 Å². The Morgan fingerprint density at radius 2 is 1.97 bits per heavy atom. The molecule has 0 unspecified atom stereocenters. The third-order valence-corrected chi connectivity index (χ3v) is 4.07. The van der Waals surface area contributed by atoms with Crippen LogP contribution in [-0.4, -0.2) is 30.4 Å². The van der Waals surface area contributed by atoms with Gasteiger partial charge in [-0.1, -0.05) is 0 Å². The second-order valence-corrected chi connectivity index (χ2v) is 6.05. The van der Waals surface area contributed by atoms with E-state index in [1.165, 1.54) is 13.8 Å². The molecule has 0 aliphatic rings. The molecule has 1 amide bonds. The lowest BCUT2D eigenvalue weighted by atomic mass is 10.1. The van der Waals surface area contributed by atoms with E-state index >= 15 is 0 Å². The predicted molar refractivity (Wildman–Crippen MR) is 90.6 cm³/mol. The Balaban J connectivity index is 1.89. The quantitative estimate of drug-likeness (QED) is 0.400. The SMILES string of the molecule is Cc1nc2nc(C(F)(F)F)nn2c(C)c1CC(=O)Nc1ccc(F)c([N+](=O)[O-])c1. The van der Waals surface area contributed by atoms with Gasteiger partial charge in [-0.25, -0.2) is 9.50 Å². The maximum absolute atomic E-state index is 13.4. The van der Waals surface area contributed by atoms with Crippen molar-refractivity contribution in [1.29, 1.82) is 0 Å². The highest BCUT2D eigenvalue weighted by Gasteiger charge is 2.37. The summed E-state index contributed by atoms with van der Waals surface area (Å²) in [6.45, 7) is 2.96. The third kappa shape index (κ3) is 3.97. The van der Waals surface area contributed by atoms with Crippen molar-refractivity contribution in [2.45, 2.75) is 26.4 Å². The van der Waals surface area contributed by atoms with Gasteiger partial charge in [0.05, 0.1) is 11.3 Å². The topological polar surface area (TPSA) is 115 Å². The number of nitro groups is 1. The lowest BCUT2D eigenvalue weighted by molar-refractivity contribution is -0.387. The number of hydrogen-bond donors (Lipinski definition) is 1. The fraction of sp³-hybridized carbons (Fsp3) is 0.250. The number of nitrogens with zero attached hydrogens (tertiary/aromatic N) is 5. The number of anilines is 1. The fourth-order valence-electron chi connectivity index (χ4n) is 2.68. The normalized spacial score (nSPS) is 11.7. The van der Waals surface area contributed by atoms with Gasteiger partial charge in [0.25, 0.3) is 11.6 Å². The minimum absolute atomic E-state index is 0.00689. The highest BCUT2D eigenvalue weighted by Crippen LogP contribution is 2.27. The van der Waals surface area contributed by atoms with E-state index in [0.717, 1.165) is 22.7 Å². The van der Waals surface area contributed by atoms with Gasteiger partial charge >= 0.3 is 11.9 Å². The van der Waals surface area contributed by atoms with Crippen molar-refractivity contribution in [1.82, 2.24) is 19.6 Å². The lowest BCUT2D eigenvalue weighted by Gasteiger charge is -2.11. The summed E-state index contributed by atoms with van der Waals surface area (Å²) in [6.07, 6.45) is -5.05. The highest BCUT2D eigenvalue weighted by molar-refractivity contribution is 5.92. The number of aryl methyl sites for hydroxylation is 2. The maximum atomic E-state index is 13.4. The van der Waals surface area contributed by atoms with Gasteiger partial charge in [-0.15, -0.1) is 5.10 Å². The average molecular weight is 412 g/mol. The number of amides is 1. The van der Waals surface area contributed by atoms with Crippen molar-refractivity contribution in [3.63, 3.8) is 0 Å². The van der Waals surface area contributed by atoms with Gasteiger partial charge < -0.3 is 5.32 Å². The van der Waals surface area contributed by atoms with Crippen molar-refractivity contribution in [3.05, 3.63) is 56.9 Å². The third-order valence-electron chi connectivity index (χ3n) is 4.07. The number of fused-ring (bicyclic) bond motifs is 1. The molecule has 0 aliphatic heterocycles. The van der Waals surface area contributed by atoms with Gasteiger partial charge in [-0.2, -0.15) is 22.5 Å². The van der Waals surface area contributed by atoms with Crippen molar-refractivity contribution >= 4 is 23.1 Å². The second-order valence-electron chi connectivity index (χ2n) is 6.05. The minimum atomic E-state index is -4.75. The summed E-state index contributed by atoms with van der Waals surface area (Å²) in [5, 5.41) is 16.6. The lowest BCUT2D eigenvalue weighted by Crippen LogP contribution is -2.18. The monoisotopic (exact) mass is 412 g/mol. The number of rotatable bonds is 4. The van der Waals surface area contributed by atoms with Crippen LogP contribution in [0.5, 0.6) is 0 Å². The summed E-state index contributed by atoms with van der Waals surface area (Å²) >= 11 is 0. The van der Waals surface area contributed by atoms with Crippen LogP contribution in [0.15, 0.2) is 18.2 Å². The van der Waals surface area contributed by atoms with Crippen LogP contribution < -0.4 is 5.32 Å². The molecule has 0 aliphatic carbocycles. The van der Waals surface area contributed by atoms with E-state index in [0.29, 0.717) is 5.56 Å². The van der Waals surface area contributed by atoms with Gasteiger partial charge in [0, 0.05) is 28.7 Å². The summed E-state index contributed by atoms with van der Waals surface area (Å²) in [7, 11) is 0. The molecular weight excluding hydrogens is 400 g/mol. The van der Waals surface area contributed by atoms with Crippen LogP contribution in [0.4, 0.5) is 28.9 Å². The Labute approximate surface area is 159 Å². The van der Waals surface area contributed by atoms with E-state index in [2.05, 4.69) is 20.4 Å². The number of halogens is 4. The first-order valence-corrected chi connectivity index (χ1v) is 8.01. The maximum Gasteiger partial charge on any atom is 0.453 e. The molecule has 0 saturated heterocycles. The summed E-state index contributed by atoms with van der Waals surface area (Å²) in [5.41, 5.74) is 0.00503. The molecule has 1 aromatic carbocycles. The first-order chi connectivity index (χ1) is 13.5. The molecule has 1 N–H and O–H groups in total. The highest BCUT2D eigenvalue weighted by atomic mass is 19.4. The summed E-state index contributed by atoms with van der Waals surface area (Å²) in [4.78, 5) is 29.5. The van der Waals surface area contributed by atoms with Crippen molar-refractivity contribution in [2.75, 3.05) is 5.32 Å². The number of aromatic nitrogens is 4. The predicted octanol–water partition coefficient (Wildman–Crippen LogP) is 2.99. The molecule has 0 atom stereocenters. The van der Waals surface area contributed by atoms with Gasteiger partial charge in [-0.3, -0.25) is 14.9 Å². The Morgan fingerprint density at radius 1 is 1.28 bits per heavy atom. The Kier molecular flexibility index (Phi) is 4.90. The smallest absolute Gasteiger partial charge is 0.326 e. The van der Waals surface area contributed by atoms with Crippen LogP contribution >= 0.6 is 0 Å². The van der Waals surface area contributed by atoms with Crippen molar-refractivity contribution in [3.8, 4) is 0 Å². The summed E-state index contributed by atoms with van der Waals surface area (Å²) in [5.74, 6) is -3.30. The van der Waals surface area contributed by atoms with Crippen LogP contribution in [-0.2, 0) is 17.4 Å². The molecule has 2 heterocycles. The standard InChI is InChI=1S/C16H12F4N6O3/c1-7-10(8(2)25-15(21-7)23-14(24-25)16(18,19)20)6-13(27)22-9-3-4-11(17)12(5-9)26(28)29/h3-5H,6H2,1-2H3,(H,22,27). The van der Waals surface area contributed by atoms with E-state index in [-0.39, 0.29) is 29.3 Å². The van der Waals surface area contributed by atoms with Crippen LogP contribution in [0.1, 0.15) is 22.8 Å². The molecule has 13 heteroatoms. The second kappa shape index (κ2) is 7.07. The number of carbonyl (C=O) groups is 1. The first kappa shape index (κ1) is 20.1. The van der Waals surface area contributed by atoms with Crippen LogP contribution in [0.3, 0.4) is 0 Å². The zero-order valence-electron chi connectivity index (χ0n) is 14.9. The molecule has 0 saturated carbocycles. The molecule has 0 bridgehead atoms. The fourth-order valence-corrected chi connectivity index (χ4v) is 2.68.